The number of aryl methyl sites for hydroxylation is 2. The summed E-state index contributed by atoms with van der Waals surface area (Å²) in [5.41, 5.74) is 3.25. The Morgan fingerprint density at radius 1 is 1.24 bits per heavy atom. The lowest BCUT2D eigenvalue weighted by molar-refractivity contribution is 0.170. The molecule has 0 atom stereocenters. The Hall–Kier alpha value is -1.51. The van der Waals surface area contributed by atoms with Crippen LogP contribution in [0.1, 0.15) is 50.2 Å². The molecule has 1 aliphatic rings. The van der Waals surface area contributed by atoms with Crippen molar-refractivity contribution < 1.29 is 4.79 Å². The number of benzene rings is 1. The van der Waals surface area contributed by atoms with Crippen molar-refractivity contribution in [2.75, 3.05) is 12.4 Å². The molecule has 2 rings (SSSR count). The van der Waals surface area contributed by atoms with Gasteiger partial charge in [0.2, 0.25) is 0 Å². The average molecular weight is 288 g/mol. The summed E-state index contributed by atoms with van der Waals surface area (Å²) in [4.78, 5) is 14.3. The highest BCUT2D eigenvalue weighted by atomic mass is 16.2. The lowest BCUT2D eigenvalue weighted by atomic mass is 9.84. The second-order valence-electron chi connectivity index (χ2n) is 6.44. The van der Waals surface area contributed by atoms with E-state index in [9.17, 15) is 4.79 Å². The van der Waals surface area contributed by atoms with Crippen LogP contribution in [0.3, 0.4) is 0 Å². The van der Waals surface area contributed by atoms with Gasteiger partial charge in [-0.05, 0) is 57.1 Å². The van der Waals surface area contributed by atoms with Crippen molar-refractivity contribution in [1.29, 1.82) is 0 Å². The first-order valence-corrected chi connectivity index (χ1v) is 8.12. The minimum atomic E-state index is 0.0156. The molecule has 0 spiro atoms. The van der Waals surface area contributed by atoms with E-state index in [1.54, 1.807) is 0 Å². The smallest absolute Gasteiger partial charge is 0.321 e. The maximum atomic E-state index is 12.4. The first kappa shape index (κ1) is 15.9. The highest BCUT2D eigenvalue weighted by Crippen LogP contribution is 2.29. The minimum Gasteiger partial charge on any atom is -0.325 e. The Kier molecular flexibility index (Phi) is 5.27. The van der Waals surface area contributed by atoms with Gasteiger partial charge in [-0.1, -0.05) is 31.0 Å². The standard InChI is InChI=1S/C18H28N2O/c1-5-15-7-9-16(10-8-15)20(4)18(21)19-17-11-6-13(2)12-14(17)3/h6,11-12,15-16H,5,7-10H2,1-4H3,(H,19,21). The van der Waals surface area contributed by atoms with Crippen LogP contribution in [0.15, 0.2) is 18.2 Å². The predicted molar refractivity (Wildman–Crippen MR) is 88.7 cm³/mol. The molecule has 3 nitrogen and oxygen atoms in total. The Balaban J connectivity index is 1.93. The summed E-state index contributed by atoms with van der Waals surface area (Å²) in [6.07, 6.45) is 6.04. The summed E-state index contributed by atoms with van der Waals surface area (Å²) in [7, 11) is 1.93. The molecule has 0 radical (unpaired) electrons. The van der Waals surface area contributed by atoms with E-state index in [1.165, 1.54) is 24.8 Å². The molecule has 1 aliphatic carbocycles. The van der Waals surface area contributed by atoms with Crippen LogP contribution in [0, 0.1) is 19.8 Å². The number of hydrogen-bond acceptors (Lipinski definition) is 1. The lowest BCUT2D eigenvalue weighted by Crippen LogP contribution is -2.41. The van der Waals surface area contributed by atoms with E-state index >= 15 is 0 Å². The van der Waals surface area contributed by atoms with Gasteiger partial charge in [0.05, 0.1) is 0 Å². The number of nitrogens with one attached hydrogen (secondary N) is 1. The number of carbonyl (C=O) groups excluding carboxylic acids is 1. The third-order valence-electron chi connectivity index (χ3n) is 4.89. The summed E-state index contributed by atoms with van der Waals surface area (Å²) >= 11 is 0. The summed E-state index contributed by atoms with van der Waals surface area (Å²) in [5.74, 6) is 0.858. The van der Waals surface area contributed by atoms with Crippen LogP contribution < -0.4 is 5.32 Å². The average Bonchev–Trinajstić information content (AvgIpc) is 2.49. The van der Waals surface area contributed by atoms with Crippen molar-refractivity contribution in [3.05, 3.63) is 29.3 Å². The molecule has 21 heavy (non-hydrogen) atoms. The van der Waals surface area contributed by atoms with Gasteiger partial charge in [0, 0.05) is 18.8 Å². The van der Waals surface area contributed by atoms with E-state index in [0.717, 1.165) is 30.0 Å². The fraction of sp³-hybridized carbons (Fsp3) is 0.611. The normalized spacial score (nSPS) is 21.9. The molecule has 0 aliphatic heterocycles. The summed E-state index contributed by atoms with van der Waals surface area (Å²) in [5, 5.41) is 3.05. The van der Waals surface area contributed by atoms with Crippen molar-refractivity contribution in [3.8, 4) is 0 Å². The maximum Gasteiger partial charge on any atom is 0.321 e. The Morgan fingerprint density at radius 2 is 1.90 bits per heavy atom. The number of anilines is 1. The quantitative estimate of drug-likeness (QED) is 0.856. The van der Waals surface area contributed by atoms with E-state index in [0.29, 0.717) is 6.04 Å². The molecule has 0 unspecified atom stereocenters. The van der Waals surface area contributed by atoms with Crippen LogP contribution in [-0.2, 0) is 0 Å². The minimum absolute atomic E-state index is 0.0156. The van der Waals surface area contributed by atoms with Gasteiger partial charge in [-0.15, -0.1) is 0 Å². The zero-order chi connectivity index (χ0) is 15.4. The van der Waals surface area contributed by atoms with E-state index < -0.39 is 0 Å². The van der Waals surface area contributed by atoms with Crippen molar-refractivity contribution in [2.24, 2.45) is 5.92 Å². The molecule has 1 saturated carbocycles. The molecule has 0 saturated heterocycles. The largest absolute Gasteiger partial charge is 0.325 e. The van der Waals surface area contributed by atoms with Crippen molar-refractivity contribution in [2.45, 2.75) is 58.9 Å². The molecule has 0 heterocycles. The van der Waals surface area contributed by atoms with Crippen LogP contribution in [0.5, 0.6) is 0 Å². The molecule has 1 fully saturated rings. The molecule has 3 heteroatoms. The molecule has 116 valence electrons. The van der Waals surface area contributed by atoms with Crippen LogP contribution >= 0.6 is 0 Å². The molecular weight excluding hydrogens is 260 g/mol. The van der Waals surface area contributed by atoms with E-state index in [1.807, 2.05) is 31.0 Å². The summed E-state index contributed by atoms with van der Waals surface area (Å²) in [6, 6.07) is 6.53. The molecular formula is C18H28N2O. The summed E-state index contributed by atoms with van der Waals surface area (Å²) in [6.45, 7) is 6.37. The number of rotatable bonds is 3. The van der Waals surface area contributed by atoms with Gasteiger partial charge >= 0.3 is 6.03 Å². The van der Waals surface area contributed by atoms with Gasteiger partial charge < -0.3 is 10.2 Å². The molecule has 2 amide bonds. The Morgan fingerprint density at radius 3 is 2.48 bits per heavy atom. The molecule has 0 bridgehead atoms. The fourth-order valence-electron chi connectivity index (χ4n) is 3.26. The zero-order valence-electron chi connectivity index (χ0n) is 13.8. The van der Waals surface area contributed by atoms with Crippen LogP contribution in [0.4, 0.5) is 10.5 Å². The monoisotopic (exact) mass is 288 g/mol. The topological polar surface area (TPSA) is 32.3 Å². The number of hydrogen-bond donors (Lipinski definition) is 1. The second-order valence-corrected chi connectivity index (χ2v) is 6.44. The first-order valence-electron chi connectivity index (χ1n) is 8.12. The van der Waals surface area contributed by atoms with E-state index in [4.69, 9.17) is 0 Å². The Bertz CT molecular complexity index is 490. The highest BCUT2D eigenvalue weighted by Gasteiger charge is 2.25. The first-order chi connectivity index (χ1) is 10.0. The second kappa shape index (κ2) is 6.97. The number of nitrogens with zero attached hydrogens (tertiary/aromatic N) is 1. The predicted octanol–water partition coefficient (Wildman–Crippen LogP) is 4.74. The number of urea groups is 1. The van der Waals surface area contributed by atoms with Gasteiger partial charge in [-0.3, -0.25) is 0 Å². The number of carbonyl (C=O) groups is 1. The lowest BCUT2D eigenvalue weighted by Gasteiger charge is -2.34. The van der Waals surface area contributed by atoms with Gasteiger partial charge in [0.15, 0.2) is 0 Å². The van der Waals surface area contributed by atoms with Crippen LogP contribution in [0.2, 0.25) is 0 Å². The van der Waals surface area contributed by atoms with Crippen molar-refractivity contribution in [3.63, 3.8) is 0 Å². The number of amides is 2. The van der Waals surface area contributed by atoms with Crippen LogP contribution in [-0.4, -0.2) is 24.0 Å². The van der Waals surface area contributed by atoms with E-state index in [-0.39, 0.29) is 6.03 Å². The molecule has 1 aromatic carbocycles. The van der Waals surface area contributed by atoms with Gasteiger partial charge in [-0.2, -0.15) is 0 Å². The molecule has 1 aromatic rings. The van der Waals surface area contributed by atoms with Gasteiger partial charge in [0.25, 0.3) is 0 Å². The van der Waals surface area contributed by atoms with Crippen molar-refractivity contribution in [1.82, 2.24) is 4.90 Å². The van der Waals surface area contributed by atoms with Gasteiger partial charge in [0.1, 0.15) is 0 Å². The summed E-state index contributed by atoms with van der Waals surface area (Å²) < 4.78 is 0. The van der Waals surface area contributed by atoms with Crippen molar-refractivity contribution >= 4 is 11.7 Å². The third kappa shape index (κ3) is 3.99. The zero-order valence-corrected chi connectivity index (χ0v) is 13.8. The maximum absolute atomic E-state index is 12.4. The van der Waals surface area contributed by atoms with Crippen LogP contribution in [0.25, 0.3) is 0 Å². The molecule has 0 aromatic heterocycles. The highest BCUT2D eigenvalue weighted by molar-refractivity contribution is 5.90. The SMILES string of the molecule is CCC1CCC(N(C)C(=O)Nc2ccc(C)cc2C)CC1. The fourth-order valence-corrected chi connectivity index (χ4v) is 3.26. The van der Waals surface area contributed by atoms with Gasteiger partial charge in [-0.25, -0.2) is 4.79 Å². The molecule has 1 N–H and O–H groups in total. The van der Waals surface area contributed by atoms with E-state index in [2.05, 4.69) is 25.2 Å². The third-order valence-corrected chi connectivity index (χ3v) is 4.89. The Labute approximate surface area is 128 Å².